The van der Waals surface area contributed by atoms with Crippen LogP contribution in [-0.4, -0.2) is 46.0 Å². The lowest BCUT2D eigenvalue weighted by Gasteiger charge is -2.10. The largest absolute Gasteiger partial charge is 0.492 e. The normalized spacial score (nSPS) is 10.9. The van der Waals surface area contributed by atoms with Gasteiger partial charge in [0.1, 0.15) is 59.0 Å². The number of nitrogens with zero attached hydrogens (tertiary/aromatic N) is 8. The molecule has 0 bridgehead atoms. The van der Waals surface area contributed by atoms with Crippen LogP contribution in [0.1, 0.15) is 31.4 Å². The van der Waals surface area contributed by atoms with Crippen LogP contribution in [0.25, 0.3) is 60.4 Å². The summed E-state index contributed by atoms with van der Waals surface area (Å²) in [5, 5.41) is 38.5. The smallest absolute Gasteiger partial charge is 0.419 e. The molecule has 0 N–H and O–H groups in total. The highest BCUT2D eigenvalue weighted by Gasteiger charge is 2.32. The lowest BCUT2D eigenvalue weighted by Crippen LogP contribution is -2.16. The SMILES string of the molecule is CCCOc1cc(N=C(C#N)C#N)sc1-c1cc2c(s1)c1sc3c4sc(-c5sc(N=C(C#N)C#N)cc5OCC)cc4n(C(=O)OCc4ccccc4)c3c1n2C(=O)OCc1ccccc1. The average Bonchev–Trinajstić information content (AvgIpc) is 4.21. The molecule has 0 unspecified atom stereocenters. The lowest BCUT2D eigenvalue weighted by atomic mass is 10.2. The topological polar surface area (TPSA) is 201 Å². The molecular formula is C47H30N8O6S5. The maximum absolute atomic E-state index is 14.7. The number of aromatic nitrogens is 2. The predicted octanol–water partition coefficient (Wildman–Crippen LogP) is 13.3. The van der Waals surface area contributed by atoms with Gasteiger partial charge in [-0.05, 0) is 36.6 Å². The van der Waals surface area contributed by atoms with Gasteiger partial charge in [-0.1, -0.05) is 67.6 Å². The Kier molecular flexibility index (Phi) is 12.5. The Morgan fingerprint density at radius 1 is 0.576 bits per heavy atom. The summed E-state index contributed by atoms with van der Waals surface area (Å²) < 4.78 is 30.2. The monoisotopic (exact) mass is 962 g/mol. The minimum atomic E-state index is -0.662. The number of aliphatic imine (C=N–C) groups is 2. The van der Waals surface area contributed by atoms with E-state index in [1.54, 1.807) is 24.3 Å². The zero-order valence-electron chi connectivity index (χ0n) is 34.7. The quantitative estimate of drug-likeness (QED) is 0.100. The van der Waals surface area contributed by atoms with Crippen molar-refractivity contribution in [3.63, 3.8) is 0 Å². The van der Waals surface area contributed by atoms with Crippen molar-refractivity contribution >= 4 is 131 Å². The van der Waals surface area contributed by atoms with E-state index in [4.69, 9.17) is 18.9 Å². The van der Waals surface area contributed by atoms with E-state index < -0.39 is 12.2 Å². The van der Waals surface area contributed by atoms with E-state index in [2.05, 4.69) is 9.98 Å². The third-order valence-electron chi connectivity index (χ3n) is 9.85. The van der Waals surface area contributed by atoms with Crippen molar-refractivity contribution in [3.05, 3.63) is 96.1 Å². The van der Waals surface area contributed by atoms with Gasteiger partial charge in [-0.2, -0.15) is 21.0 Å². The van der Waals surface area contributed by atoms with Crippen LogP contribution in [0.2, 0.25) is 0 Å². The molecule has 0 aliphatic rings. The highest BCUT2D eigenvalue weighted by atomic mass is 32.1. The van der Waals surface area contributed by atoms with Gasteiger partial charge in [0.2, 0.25) is 11.4 Å². The summed E-state index contributed by atoms with van der Waals surface area (Å²) in [6.45, 7) is 4.57. The van der Waals surface area contributed by atoms with Crippen LogP contribution >= 0.6 is 56.7 Å². The Morgan fingerprint density at radius 3 is 1.42 bits per heavy atom. The van der Waals surface area contributed by atoms with Crippen LogP contribution in [0.15, 0.2) is 94.9 Å². The fraction of sp³-hybridized carbons (Fsp3) is 0.149. The molecule has 0 atom stereocenters. The number of nitriles is 4. The first-order valence-electron chi connectivity index (χ1n) is 20.1. The Morgan fingerprint density at radius 2 is 1.02 bits per heavy atom. The molecule has 324 valence electrons. The van der Waals surface area contributed by atoms with Gasteiger partial charge in [-0.3, -0.25) is 0 Å². The van der Waals surface area contributed by atoms with Crippen molar-refractivity contribution in [2.24, 2.45) is 9.98 Å². The van der Waals surface area contributed by atoms with E-state index in [0.29, 0.717) is 66.5 Å². The molecule has 0 amide bonds. The van der Waals surface area contributed by atoms with Crippen molar-refractivity contribution in [2.45, 2.75) is 33.5 Å². The standard InChI is InChI=1S/C47H30N8O6S5/c1-3-15-59-33-19-37(53-29(22-50)23-51)65-43(33)35-17-31-41(63-35)45-39(55(31)47(57)61-25-27-13-9-6-10-14-27)38-44(66-45)40-30(54(38)46(56)60-24-26-11-7-5-8-12-26)16-34(62-40)42-32(58-4-2)18-36(64-42)52-28(20-48)21-49/h5-14,16-19H,3-4,15,24-25H2,1-2H3. The van der Waals surface area contributed by atoms with Gasteiger partial charge in [0.05, 0.1) is 73.6 Å². The molecule has 2 aromatic carbocycles. The minimum Gasteiger partial charge on any atom is -0.492 e. The molecule has 0 radical (unpaired) electrons. The fourth-order valence-electron chi connectivity index (χ4n) is 7.10. The molecular weight excluding hydrogens is 933 g/mol. The number of ether oxygens (including phenoxy) is 4. The van der Waals surface area contributed by atoms with E-state index in [1.165, 1.54) is 65.8 Å². The third-order valence-corrected chi connectivity index (χ3v) is 16.0. The molecule has 7 aromatic heterocycles. The fourth-order valence-corrected chi connectivity index (χ4v) is 13.1. The maximum Gasteiger partial charge on any atom is 0.419 e. The summed E-state index contributed by atoms with van der Waals surface area (Å²) in [6, 6.07) is 33.0. The van der Waals surface area contributed by atoms with Crippen LogP contribution in [0, 0.1) is 45.3 Å². The number of thiophene rings is 5. The number of benzene rings is 2. The van der Waals surface area contributed by atoms with Gasteiger partial charge in [-0.25, -0.2) is 28.7 Å². The number of rotatable bonds is 13. The van der Waals surface area contributed by atoms with Crippen molar-refractivity contribution in [2.75, 3.05) is 13.2 Å². The molecule has 9 rings (SSSR count). The van der Waals surface area contributed by atoms with Crippen molar-refractivity contribution < 1.29 is 28.5 Å². The molecule has 0 spiro atoms. The molecule has 0 saturated carbocycles. The molecule has 7 heterocycles. The van der Waals surface area contributed by atoms with Gasteiger partial charge in [0.15, 0.2) is 0 Å². The molecule has 0 saturated heterocycles. The zero-order valence-corrected chi connectivity index (χ0v) is 38.8. The summed E-state index contributed by atoms with van der Waals surface area (Å²) in [5.41, 5.74) is 3.02. The van der Waals surface area contributed by atoms with Gasteiger partial charge in [0, 0.05) is 12.1 Å². The van der Waals surface area contributed by atoms with Crippen LogP contribution in [-0.2, 0) is 22.7 Å². The molecule has 14 nitrogen and oxygen atoms in total. The lowest BCUT2D eigenvalue weighted by molar-refractivity contribution is 0.142. The number of hydrogen-bond acceptors (Lipinski definition) is 17. The van der Waals surface area contributed by atoms with Gasteiger partial charge in [-0.15, -0.1) is 56.7 Å². The highest BCUT2D eigenvalue weighted by molar-refractivity contribution is 7.36. The summed E-state index contributed by atoms with van der Waals surface area (Å²) in [6.07, 6.45) is -0.591. The van der Waals surface area contributed by atoms with Gasteiger partial charge < -0.3 is 18.9 Å². The summed E-state index contributed by atoms with van der Waals surface area (Å²) >= 11 is 6.80. The van der Waals surface area contributed by atoms with Crippen molar-refractivity contribution in [1.29, 1.82) is 21.0 Å². The second-order valence-electron chi connectivity index (χ2n) is 14.1. The Balaban J connectivity index is 1.28. The molecule has 66 heavy (non-hydrogen) atoms. The van der Waals surface area contributed by atoms with E-state index >= 15 is 0 Å². The van der Waals surface area contributed by atoms with Crippen molar-refractivity contribution in [1.82, 2.24) is 9.13 Å². The maximum atomic E-state index is 14.7. The number of hydrogen-bond donors (Lipinski definition) is 0. The summed E-state index contributed by atoms with van der Waals surface area (Å²) in [4.78, 5) is 40.7. The molecule has 19 heteroatoms. The van der Waals surface area contributed by atoms with E-state index in [-0.39, 0.29) is 24.6 Å². The van der Waals surface area contributed by atoms with Crippen LogP contribution in [0.3, 0.4) is 0 Å². The van der Waals surface area contributed by atoms with Crippen LogP contribution < -0.4 is 9.47 Å². The number of fused-ring (bicyclic) bond motifs is 7. The number of carbonyl (C=O) groups excluding carboxylic acids is 2. The van der Waals surface area contributed by atoms with Crippen molar-refractivity contribution in [3.8, 4) is 55.3 Å². The Hall–Kier alpha value is -7.62. The predicted molar refractivity (Wildman–Crippen MR) is 260 cm³/mol. The second kappa shape index (κ2) is 18.8. The van der Waals surface area contributed by atoms with E-state index in [0.717, 1.165) is 46.1 Å². The molecule has 9 aromatic rings. The molecule has 0 fully saturated rings. The van der Waals surface area contributed by atoms with Crippen LogP contribution in [0.5, 0.6) is 11.5 Å². The Labute approximate surface area is 395 Å². The molecule has 0 aliphatic carbocycles. The number of carbonyl (C=O) groups is 2. The van der Waals surface area contributed by atoms with Crippen LogP contribution in [0.4, 0.5) is 19.6 Å². The summed E-state index contributed by atoms with van der Waals surface area (Å²) in [7, 11) is 0. The van der Waals surface area contributed by atoms with E-state index in [9.17, 15) is 30.6 Å². The van der Waals surface area contributed by atoms with Gasteiger partial charge >= 0.3 is 12.2 Å². The first-order chi connectivity index (χ1) is 32.3. The summed E-state index contributed by atoms with van der Waals surface area (Å²) in [5.74, 6) is 1.03. The van der Waals surface area contributed by atoms with E-state index in [1.807, 2.05) is 98.8 Å². The average molecular weight is 963 g/mol. The molecule has 0 aliphatic heterocycles. The minimum absolute atomic E-state index is 0.00958. The van der Waals surface area contributed by atoms with Gasteiger partial charge in [0.25, 0.3) is 0 Å². The second-order valence-corrected chi connectivity index (χ2v) is 19.3. The Bertz CT molecular complexity index is 3560. The highest BCUT2D eigenvalue weighted by Crippen LogP contribution is 2.54. The zero-order chi connectivity index (χ0) is 45.9. The first-order valence-corrected chi connectivity index (χ1v) is 24.1. The first kappa shape index (κ1) is 43.6. The third kappa shape index (κ3) is 8.18.